The van der Waals surface area contributed by atoms with Crippen molar-refractivity contribution in [3.05, 3.63) is 0 Å². The van der Waals surface area contributed by atoms with Crippen LogP contribution in [-0.2, 0) is 0 Å². The van der Waals surface area contributed by atoms with Crippen LogP contribution in [0.15, 0.2) is 0 Å². The zero-order valence-corrected chi connectivity index (χ0v) is 5.56. The molecule has 46 valence electrons. The Morgan fingerprint density at radius 3 is 2.00 bits per heavy atom. The second kappa shape index (κ2) is 1.49. The van der Waals surface area contributed by atoms with E-state index in [2.05, 4.69) is 6.92 Å². The van der Waals surface area contributed by atoms with Crippen molar-refractivity contribution >= 4 is 0 Å². The number of hydrogen-bond donors (Lipinski definition) is 0. The summed E-state index contributed by atoms with van der Waals surface area (Å²) >= 11 is 0. The lowest BCUT2D eigenvalue weighted by Crippen LogP contribution is -2.13. The Labute approximate surface area is 51.3 Å². The van der Waals surface area contributed by atoms with Gasteiger partial charge in [0.15, 0.2) is 0 Å². The maximum Gasteiger partial charge on any atom is -0.0357 e. The van der Waals surface area contributed by atoms with E-state index in [0.29, 0.717) is 0 Å². The molecule has 0 heteroatoms. The number of hydrogen-bond acceptors (Lipinski definition) is 0. The van der Waals surface area contributed by atoms with E-state index >= 15 is 0 Å². The highest BCUT2D eigenvalue weighted by molar-refractivity contribution is 4.91. The Hall–Kier alpha value is 0. The molecule has 2 fully saturated rings. The van der Waals surface area contributed by atoms with Crippen molar-refractivity contribution < 1.29 is 0 Å². The van der Waals surface area contributed by atoms with Gasteiger partial charge in [-0.05, 0) is 24.2 Å². The Morgan fingerprint density at radius 1 is 1.25 bits per heavy atom. The van der Waals surface area contributed by atoms with Crippen LogP contribution in [0.5, 0.6) is 0 Å². The standard InChI is InChI=1S/C8H14/c1-6-5-8(6)7-3-2-4-7/h6-8H,2-5H2,1H3. The molecular formula is C8H14. The van der Waals surface area contributed by atoms with Crippen molar-refractivity contribution in [2.75, 3.05) is 0 Å². The van der Waals surface area contributed by atoms with Gasteiger partial charge in [0, 0.05) is 0 Å². The van der Waals surface area contributed by atoms with Crippen molar-refractivity contribution in [2.45, 2.75) is 32.6 Å². The van der Waals surface area contributed by atoms with E-state index in [1.54, 1.807) is 19.3 Å². The van der Waals surface area contributed by atoms with E-state index in [1.807, 2.05) is 0 Å². The van der Waals surface area contributed by atoms with Crippen LogP contribution < -0.4 is 0 Å². The molecule has 0 N–H and O–H groups in total. The monoisotopic (exact) mass is 110 g/mol. The van der Waals surface area contributed by atoms with Gasteiger partial charge in [0.1, 0.15) is 0 Å². The molecular weight excluding hydrogens is 96.1 g/mol. The first kappa shape index (κ1) is 4.84. The maximum atomic E-state index is 2.39. The van der Waals surface area contributed by atoms with Crippen LogP contribution in [0.4, 0.5) is 0 Å². The quantitative estimate of drug-likeness (QED) is 0.486. The smallest absolute Gasteiger partial charge is 0.0357 e. The largest absolute Gasteiger partial charge is 0.0622 e. The Kier molecular flexibility index (Phi) is 0.902. The molecule has 0 saturated heterocycles. The van der Waals surface area contributed by atoms with Gasteiger partial charge in [-0.1, -0.05) is 26.2 Å². The summed E-state index contributed by atoms with van der Waals surface area (Å²) in [5, 5.41) is 0. The zero-order valence-electron chi connectivity index (χ0n) is 5.56. The topological polar surface area (TPSA) is 0 Å². The average Bonchev–Trinajstić information content (AvgIpc) is 2.13. The number of rotatable bonds is 1. The molecule has 2 unspecified atom stereocenters. The van der Waals surface area contributed by atoms with E-state index in [0.717, 1.165) is 5.92 Å². The molecule has 0 heterocycles. The van der Waals surface area contributed by atoms with Crippen LogP contribution in [0, 0.1) is 17.8 Å². The first-order valence-corrected chi connectivity index (χ1v) is 3.88. The Balaban J connectivity index is 1.82. The molecule has 0 bridgehead atoms. The molecule has 0 nitrogen and oxygen atoms in total. The zero-order chi connectivity index (χ0) is 5.56. The van der Waals surface area contributed by atoms with Crippen LogP contribution in [0.2, 0.25) is 0 Å². The lowest BCUT2D eigenvalue weighted by Gasteiger charge is -2.25. The van der Waals surface area contributed by atoms with E-state index in [1.165, 1.54) is 18.3 Å². The molecule has 0 aromatic carbocycles. The summed E-state index contributed by atoms with van der Waals surface area (Å²) in [5.41, 5.74) is 0. The van der Waals surface area contributed by atoms with Gasteiger partial charge in [-0.25, -0.2) is 0 Å². The van der Waals surface area contributed by atoms with Gasteiger partial charge in [-0.3, -0.25) is 0 Å². The molecule has 0 aliphatic heterocycles. The van der Waals surface area contributed by atoms with Crippen molar-refractivity contribution in [1.82, 2.24) is 0 Å². The van der Waals surface area contributed by atoms with Crippen molar-refractivity contribution in [2.24, 2.45) is 17.8 Å². The predicted molar refractivity (Wildman–Crippen MR) is 34.6 cm³/mol. The summed E-state index contributed by atoms with van der Waals surface area (Å²) in [6.45, 7) is 2.39. The van der Waals surface area contributed by atoms with Gasteiger partial charge in [0.2, 0.25) is 0 Å². The van der Waals surface area contributed by atoms with E-state index in [-0.39, 0.29) is 0 Å². The maximum absolute atomic E-state index is 2.39. The molecule has 0 radical (unpaired) electrons. The third-order valence-electron chi connectivity index (χ3n) is 2.93. The lowest BCUT2D eigenvalue weighted by atomic mass is 9.81. The van der Waals surface area contributed by atoms with Gasteiger partial charge < -0.3 is 0 Å². The van der Waals surface area contributed by atoms with E-state index in [9.17, 15) is 0 Å². The predicted octanol–water partition coefficient (Wildman–Crippen LogP) is 2.44. The first-order chi connectivity index (χ1) is 3.88. The van der Waals surface area contributed by atoms with Crippen molar-refractivity contribution in [3.8, 4) is 0 Å². The van der Waals surface area contributed by atoms with E-state index < -0.39 is 0 Å². The average molecular weight is 110 g/mol. The molecule has 0 aromatic rings. The third kappa shape index (κ3) is 0.586. The Morgan fingerprint density at radius 2 is 1.88 bits per heavy atom. The van der Waals surface area contributed by atoms with Crippen molar-refractivity contribution in [1.29, 1.82) is 0 Å². The fraction of sp³-hybridized carbons (Fsp3) is 1.00. The highest BCUT2D eigenvalue weighted by atomic mass is 14.5. The van der Waals surface area contributed by atoms with Gasteiger partial charge in [-0.2, -0.15) is 0 Å². The third-order valence-corrected chi connectivity index (χ3v) is 2.93. The van der Waals surface area contributed by atoms with Gasteiger partial charge in [0.05, 0.1) is 0 Å². The molecule has 2 aliphatic carbocycles. The summed E-state index contributed by atoms with van der Waals surface area (Å²) < 4.78 is 0. The highest BCUT2D eigenvalue weighted by Crippen LogP contribution is 2.51. The summed E-state index contributed by atoms with van der Waals surface area (Å²) in [7, 11) is 0. The van der Waals surface area contributed by atoms with Gasteiger partial charge >= 0.3 is 0 Å². The van der Waals surface area contributed by atoms with Crippen molar-refractivity contribution in [3.63, 3.8) is 0 Å². The highest BCUT2D eigenvalue weighted by Gasteiger charge is 2.41. The fourth-order valence-corrected chi connectivity index (χ4v) is 1.88. The summed E-state index contributed by atoms with van der Waals surface area (Å²) in [4.78, 5) is 0. The minimum absolute atomic E-state index is 1.10. The molecule has 0 amide bonds. The normalized spacial score (nSPS) is 46.1. The second-order valence-corrected chi connectivity index (χ2v) is 3.57. The van der Waals surface area contributed by atoms with Crippen LogP contribution >= 0.6 is 0 Å². The molecule has 2 aliphatic rings. The fourth-order valence-electron chi connectivity index (χ4n) is 1.88. The second-order valence-electron chi connectivity index (χ2n) is 3.57. The molecule has 0 aromatic heterocycles. The van der Waals surface area contributed by atoms with Gasteiger partial charge in [0.25, 0.3) is 0 Å². The molecule has 2 rings (SSSR count). The van der Waals surface area contributed by atoms with Crippen LogP contribution in [0.3, 0.4) is 0 Å². The minimum atomic E-state index is 1.10. The van der Waals surface area contributed by atoms with Crippen LogP contribution in [-0.4, -0.2) is 0 Å². The molecule has 0 spiro atoms. The lowest BCUT2D eigenvalue weighted by molar-refractivity contribution is 0.268. The summed E-state index contributed by atoms with van der Waals surface area (Å²) in [6.07, 6.45) is 6.17. The molecule has 2 saturated carbocycles. The Bertz CT molecular complexity index is 89.5. The van der Waals surface area contributed by atoms with E-state index in [4.69, 9.17) is 0 Å². The molecule has 8 heavy (non-hydrogen) atoms. The first-order valence-electron chi connectivity index (χ1n) is 3.88. The summed E-state index contributed by atoms with van der Waals surface area (Å²) in [6, 6.07) is 0. The van der Waals surface area contributed by atoms with Crippen LogP contribution in [0.1, 0.15) is 32.6 Å². The SMILES string of the molecule is CC1CC1C1CCC1. The molecule has 2 atom stereocenters. The summed E-state index contributed by atoms with van der Waals surface area (Å²) in [5.74, 6) is 3.44. The van der Waals surface area contributed by atoms with Gasteiger partial charge in [-0.15, -0.1) is 0 Å². The minimum Gasteiger partial charge on any atom is -0.0622 e. The van der Waals surface area contributed by atoms with Crippen LogP contribution in [0.25, 0.3) is 0 Å².